The van der Waals surface area contributed by atoms with Gasteiger partial charge in [-0.15, -0.1) is 0 Å². The number of aliphatic hydroxyl groups excluding tert-OH is 1. The Kier molecular flexibility index (Phi) is 5.47. The minimum Gasteiger partial charge on any atom is -0.449 e. The molecule has 100 valence electrons. The Morgan fingerprint density at radius 3 is 2.67 bits per heavy atom. The van der Waals surface area contributed by atoms with Crippen molar-refractivity contribution in [3.8, 4) is 0 Å². The van der Waals surface area contributed by atoms with Gasteiger partial charge in [-0.1, -0.05) is 40.9 Å². The van der Waals surface area contributed by atoms with Crippen LogP contribution in [0.3, 0.4) is 0 Å². The molecular weight excluding hydrogens is 302 g/mol. The van der Waals surface area contributed by atoms with Crippen LogP contribution in [0.2, 0.25) is 0 Å². The second-order valence-corrected chi connectivity index (χ2v) is 5.54. The first-order valence-corrected chi connectivity index (χ1v) is 6.13. The number of carbonyl (C=O) groups excluding carboxylic acids is 1. The van der Waals surface area contributed by atoms with Gasteiger partial charge in [0.25, 0.3) is 0 Å². The van der Waals surface area contributed by atoms with E-state index in [4.69, 9.17) is 39.5 Å². The Morgan fingerprint density at radius 2 is 2.22 bits per heavy atom. The second-order valence-electron chi connectivity index (χ2n) is 3.17. The summed E-state index contributed by atoms with van der Waals surface area (Å²) in [6.07, 6.45) is -1.13. The van der Waals surface area contributed by atoms with Crippen molar-refractivity contribution >= 4 is 46.7 Å². The van der Waals surface area contributed by atoms with Gasteiger partial charge in [-0.25, -0.2) is 14.7 Å². The van der Waals surface area contributed by atoms with E-state index in [0.29, 0.717) is 0 Å². The van der Waals surface area contributed by atoms with Crippen molar-refractivity contribution in [2.24, 2.45) is 0 Å². The summed E-state index contributed by atoms with van der Waals surface area (Å²) in [4.78, 5) is 16.4. The Hall–Kier alpha value is -0.750. The van der Waals surface area contributed by atoms with Crippen molar-refractivity contribution in [2.75, 3.05) is 11.5 Å². The Balaban J connectivity index is 3.07. The first-order valence-electron chi connectivity index (χ1n) is 4.99. The van der Waals surface area contributed by atoms with Gasteiger partial charge in [-0.3, -0.25) is 0 Å². The van der Waals surface area contributed by atoms with Crippen molar-refractivity contribution < 1.29 is 14.6 Å². The van der Waals surface area contributed by atoms with E-state index in [2.05, 4.69) is 4.98 Å². The first-order chi connectivity index (χ1) is 8.38. The van der Waals surface area contributed by atoms with Crippen LogP contribution in [-0.4, -0.2) is 32.8 Å². The SMILES string of the molecule is CCOC(=O)N(c1ccccn1)C(O)C(Cl)(Cl)Cl. The molecule has 0 radical (unpaired) electrons. The molecule has 0 bridgehead atoms. The normalized spacial score (nSPS) is 12.9. The lowest BCUT2D eigenvalue weighted by Crippen LogP contribution is -2.48. The zero-order chi connectivity index (χ0) is 13.8. The van der Waals surface area contributed by atoms with E-state index in [1.807, 2.05) is 0 Å². The highest BCUT2D eigenvalue weighted by atomic mass is 35.6. The molecule has 0 spiro atoms. The average Bonchev–Trinajstić information content (AvgIpc) is 2.29. The molecular formula is C10H11Cl3N2O3. The number of hydrogen-bond donors (Lipinski definition) is 1. The van der Waals surface area contributed by atoms with Crippen LogP contribution in [0.5, 0.6) is 0 Å². The summed E-state index contributed by atoms with van der Waals surface area (Å²) in [6.45, 7) is 1.74. The van der Waals surface area contributed by atoms with Crippen LogP contribution < -0.4 is 4.90 Å². The molecule has 1 amide bonds. The van der Waals surface area contributed by atoms with Gasteiger partial charge in [-0.05, 0) is 19.1 Å². The minimum atomic E-state index is -2.08. The predicted molar refractivity (Wildman–Crippen MR) is 70.0 cm³/mol. The number of nitrogens with zero attached hydrogens (tertiary/aromatic N) is 2. The molecule has 5 nitrogen and oxygen atoms in total. The molecule has 1 aromatic rings. The fraction of sp³-hybridized carbons (Fsp3) is 0.400. The fourth-order valence-electron chi connectivity index (χ4n) is 1.15. The van der Waals surface area contributed by atoms with Crippen molar-refractivity contribution in [2.45, 2.75) is 16.9 Å². The Morgan fingerprint density at radius 1 is 1.56 bits per heavy atom. The van der Waals surface area contributed by atoms with E-state index in [0.717, 1.165) is 4.90 Å². The quantitative estimate of drug-likeness (QED) is 0.688. The molecule has 0 fully saturated rings. The maximum Gasteiger partial charge on any atom is 0.417 e. The van der Waals surface area contributed by atoms with Gasteiger partial charge in [-0.2, -0.15) is 0 Å². The zero-order valence-corrected chi connectivity index (χ0v) is 11.7. The van der Waals surface area contributed by atoms with E-state index < -0.39 is 16.1 Å². The number of aromatic nitrogens is 1. The topological polar surface area (TPSA) is 62.7 Å². The second kappa shape index (κ2) is 6.43. The molecule has 1 atom stereocenters. The van der Waals surface area contributed by atoms with Crippen LogP contribution in [0.1, 0.15) is 6.92 Å². The fourth-order valence-corrected chi connectivity index (χ4v) is 1.45. The molecule has 1 aromatic heterocycles. The lowest BCUT2D eigenvalue weighted by Gasteiger charge is -2.30. The third-order valence-electron chi connectivity index (χ3n) is 1.90. The number of anilines is 1. The lowest BCUT2D eigenvalue weighted by atomic mass is 10.4. The molecule has 0 aliphatic rings. The van der Waals surface area contributed by atoms with Crippen molar-refractivity contribution in [3.63, 3.8) is 0 Å². The summed E-state index contributed by atoms with van der Waals surface area (Å²) in [6, 6.07) is 4.75. The van der Waals surface area contributed by atoms with Crippen LogP contribution in [0.25, 0.3) is 0 Å². The van der Waals surface area contributed by atoms with Gasteiger partial charge >= 0.3 is 6.09 Å². The molecule has 1 rings (SSSR count). The summed E-state index contributed by atoms with van der Waals surface area (Å²) in [7, 11) is 0. The van der Waals surface area contributed by atoms with Crippen LogP contribution >= 0.6 is 34.8 Å². The highest BCUT2D eigenvalue weighted by Gasteiger charge is 2.40. The summed E-state index contributed by atoms with van der Waals surface area (Å²) in [5.41, 5.74) is 0. The molecule has 18 heavy (non-hydrogen) atoms. The minimum absolute atomic E-state index is 0.120. The number of alkyl halides is 3. The number of carbonyl (C=O) groups is 1. The monoisotopic (exact) mass is 312 g/mol. The number of amides is 1. The van der Waals surface area contributed by atoms with Gasteiger partial charge in [0.1, 0.15) is 5.82 Å². The Bertz CT molecular complexity index is 397. The standard InChI is InChI=1S/C10H11Cl3N2O3/c1-2-18-9(17)15(8(16)10(11,12)13)7-5-3-4-6-14-7/h3-6,8,16H,2H2,1H3. The lowest BCUT2D eigenvalue weighted by molar-refractivity contribution is 0.125. The van der Waals surface area contributed by atoms with Crippen molar-refractivity contribution in [3.05, 3.63) is 24.4 Å². The molecule has 1 heterocycles. The molecule has 0 aliphatic heterocycles. The molecule has 1 N–H and O–H groups in total. The summed E-state index contributed by atoms with van der Waals surface area (Å²) >= 11 is 16.7. The van der Waals surface area contributed by atoms with Gasteiger partial charge in [0.2, 0.25) is 3.79 Å². The van der Waals surface area contributed by atoms with Gasteiger partial charge in [0.15, 0.2) is 6.23 Å². The van der Waals surface area contributed by atoms with Gasteiger partial charge in [0.05, 0.1) is 6.61 Å². The van der Waals surface area contributed by atoms with Crippen LogP contribution in [-0.2, 0) is 4.74 Å². The van der Waals surface area contributed by atoms with Gasteiger partial charge in [0, 0.05) is 6.20 Å². The van der Waals surface area contributed by atoms with E-state index in [1.165, 1.54) is 12.3 Å². The number of aliphatic hydroxyl groups is 1. The smallest absolute Gasteiger partial charge is 0.417 e. The van der Waals surface area contributed by atoms with E-state index >= 15 is 0 Å². The number of pyridine rings is 1. The molecule has 0 aliphatic carbocycles. The van der Waals surface area contributed by atoms with Crippen LogP contribution in [0, 0.1) is 0 Å². The molecule has 8 heteroatoms. The van der Waals surface area contributed by atoms with Crippen LogP contribution in [0.4, 0.5) is 10.6 Å². The number of rotatable bonds is 3. The predicted octanol–water partition coefficient (Wildman–Crippen LogP) is 2.73. The number of halogens is 3. The number of hydrogen-bond acceptors (Lipinski definition) is 4. The maximum absolute atomic E-state index is 11.8. The third-order valence-corrected chi connectivity index (χ3v) is 2.48. The maximum atomic E-state index is 11.8. The van der Waals surface area contributed by atoms with E-state index in [-0.39, 0.29) is 12.4 Å². The number of ether oxygens (including phenoxy) is 1. The summed E-state index contributed by atoms with van der Waals surface area (Å²) in [5.74, 6) is 0.120. The molecule has 0 saturated heterocycles. The molecule has 0 aromatic carbocycles. The molecule has 0 saturated carbocycles. The van der Waals surface area contributed by atoms with Crippen LogP contribution in [0.15, 0.2) is 24.4 Å². The highest BCUT2D eigenvalue weighted by Crippen LogP contribution is 2.34. The largest absolute Gasteiger partial charge is 0.449 e. The summed E-state index contributed by atoms with van der Waals surface area (Å²) in [5, 5.41) is 9.89. The Labute approximate surface area is 119 Å². The van der Waals surface area contributed by atoms with Crippen molar-refractivity contribution in [1.82, 2.24) is 4.98 Å². The highest BCUT2D eigenvalue weighted by molar-refractivity contribution is 6.68. The van der Waals surface area contributed by atoms with E-state index in [1.54, 1.807) is 19.1 Å². The van der Waals surface area contributed by atoms with Crippen molar-refractivity contribution in [1.29, 1.82) is 0 Å². The molecule has 1 unspecified atom stereocenters. The first kappa shape index (κ1) is 15.3. The van der Waals surface area contributed by atoms with Gasteiger partial charge < -0.3 is 9.84 Å². The summed E-state index contributed by atoms with van der Waals surface area (Å²) < 4.78 is 2.71. The average molecular weight is 314 g/mol. The third kappa shape index (κ3) is 3.88. The zero-order valence-electron chi connectivity index (χ0n) is 9.39. The van der Waals surface area contributed by atoms with E-state index in [9.17, 15) is 9.90 Å².